The van der Waals surface area contributed by atoms with E-state index < -0.39 is 10.0 Å². The summed E-state index contributed by atoms with van der Waals surface area (Å²) in [5, 5.41) is 6.45. The van der Waals surface area contributed by atoms with Crippen molar-refractivity contribution in [3.05, 3.63) is 111 Å². The van der Waals surface area contributed by atoms with Crippen LogP contribution in [0.3, 0.4) is 0 Å². The summed E-state index contributed by atoms with van der Waals surface area (Å²) >= 11 is 12.1. The van der Waals surface area contributed by atoms with E-state index in [1.165, 1.54) is 30.3 Å². The van der Waals surface area contributed by atoms with Crippen molar-refractivity contribution >= 4 is 56.6 Å². The molecule has 0 spiro atoms. The van der Waals surface area contributed by atoms with Gasteiger partial charge in [0.1, 0.15) is 0 Å². The zero-order chi connectivity index (χ0) is 26.6. The molecule has 2 N–H and O–H groups in total. The van der Waals surface area contributed by atoms with Crippen LogP contribution in [0.5, 0.6) is 0 Å². The molecule has 0 radical (unpaired) electrons. The van der Waals surface area contributed by atoms with E-state index >= 15 is 0 Å². The summed E-state index contributed by atoms with van der Waals surface area (Å²) in [5.41, 5.74) is 2.28. The Kier molecular flexibility index (Phi) is 7.87. The molecule has 0 unspecified atom stereocenters. The van der Waals surface area contributed by atoms with Crippen LogP contribution in [0.15, 0.2) is 88.2 Å². The van der Waals surface area contributed by atoms with E-state index in [9.17, 15) is 13.2 Å². The molecule has 0 amide bonds. The highest BCUT2D eigenvalue weighted by Gasteiger charge is 2.19. The molecule has 0 fully saturated rings. The molecule has 3 aromatic carbocycles. The number of ketones is 1. The van der Waals surface area contributed by atoms with Crippen LogP contribution in [0.2, 0.25) is 10.0 Å². The van der Waals surface area contributed by atoms with Gasteiger partial charge in [-0.2, -0.15) is 8.42 Å². The van der Waals surface area contributed by atoms with E-state index in [2.05, 4.69) is 25.0 Å². The van der Waals surface area contributed by atoms with Gasteiger partial charge < -0.3 is 5.32 Å². The minimum atomic E-state index is -4.20. The first kappa shape index (κ1) is 26.3. The van der Waals surface area contributed by atoms with Gasteiger partial charge in [-0.1, -0.05) is 53.5 Å². The summed E-state index contributed by atoms with van der Waals surface area (Å²) < 4.78 is 30.2. The SMILES string of the molecule is Cc1cc(C)nc(NC(=NS(=O)(=O)c2ccc(Cl)cc2)Nc2cc(Cl)ccc2C(=O)c2ccccc2)n1. The number of carbonyl (C=O) groups excluding carboxylic acids is 1. The van der Waals surface area contributed by atoms with Crippen molar-refractivity contribution in [1.29, 1.82) is 0 Å². The van der Waals surface area contributed by atoms with E-state index in [-0.39, 0.29) is 33.8 Å². The van der Waals surface area contributed by atoms with Crippen LogP contribution in [-0.2, 0) is 10.0 Å². The van der Waals surface area contributed by atoms with Gasteiger partial charge in [0, 0.05) is 32.6 Å². The highest BCUT2D eigenvalue weighted by atomic mass is 35.5. The van der Waals surface area contributed by atoms with Gasteiger partial charge in [-0.25, -0.2) is 9.97 Å². The standard InChI is InChI=1S/C26H21Cl2N5O3S/c1-16-14-17(2)30-25(29-16)32-26(33-37(35,36)21-11-8-19(27)9-12-21)31-23-15-20(28)10-13-22(23)24(34)18-6-4-3-5-7-18/h3-15H,1-2H3,(H2,29,30,31,32,33). The van der Waals surface area contributed by atoms with Gasteiger partial charge >= 0.3 is 0 Å². The number of benzene rings is 3. The minimum Gasteiger partial charge on any atom is -0.324 e. The molecule has 4 rings (SSSR count). The predicted octanol–water partition coefficient (Wildman–Crippen LogP) is 5.90. The predicted molar refractivity (Wildman–Crippen MR) is 146 cm³/mol. The molecule has 0 bridgehead atoms. The first-order valence-corrected chi connectivity index (χ1v) is 13.2. The van der Waals surface area contributed by atoms with Crippen LogP contribution < -0.4 is 10.6 Å². The smallest absolute Gasteiger partial charge is 0.285 e. The summed E-state index contributed by atoms with van der Waals surface area (Å²) in [4.78, 5) is 21.8. The van der Waals surface area contributed by atoms with Gasteiger partial charge in [0.15, 0.2) is 5.78 Å². The van der Waals surface area contributed by atoms with Crippen LogP contribution in [0, 0.1) is 13.8 Å². The number of hydrogen-bond donors (Lipinski definition) is 2. The minimum absolute atomic E-state index is 0.0778. The van der Waals surface area contributed by atoms with Crippen LogP contribution >= 0.6 is 23.2 Å². The van der Waals surface area contributed by atoms with Crippen molar-refractivity contribution in [3.8, 4) is 0 Å². The number of guanidine groups is 1. The number of rotatable bonds is 6. The second kappa shape index (κ2) is 11.1. The maximum absolute atomic E-state index is 13.2. The highest BCUT2D eigenvalue weighted by molar-refractivity contribution is 7.90. The fourth-order valence-electron chi connectivity index (χ4n) is 3.43. The molecule has 1 heterocycles. The molecular weight excluding hydrogens is 533 g/mol. The lowest BCUT2D eigenvalue weighted by Gasteiger charge is -2.15. The van der Waals surface area contributed by atoms with Crippen molar-refractivity contribution in [2.24, 2.45) is 4.40 Å². The molecule has 8 nitrogen and oxygen atoms in total. The molecule has 1 aromatic heterocycles. The monoisotopic (exact) mass is 553 g/mol. The number of halogens is 2. The Hall–Kier alpha value is -3.79. The molecule has 0 aliphatic heterocycles. The van der Waals surface area contributed by atoms with E-state index in [1.807, 2.05) is 0 Å². The number of nitrogens with zero attached hydrogens (tertiary/aromatic N) is 3. The number of nitrogens with one attached hydrogen (secondary N) is 2. The summed E-state index contributed by atoms with van der Waals surface area (Å²) in [7, 11) is -4.20. The van der Waals surface area contributed by atoms with Gasteiger partial charge in [0.05, 0.1) is 10.6 Å². The molecule has 0 aliphatic carbocycles. The number of aromatic nitrogens is 2. The van der Waals surface area contributed by atoms with Crippen molar-refractivity contribution in [1.82, 2.24) is 9.97 Å². The number of aryl methyl sites for hydroxylation is 2. The Morgan fingerprint density at radius 1 is 0.811 bits per heavy atom. The number of hydrogen-bond acceptors (Lipinski definition) is 5. The summed E-state index contributed by atoms with van der Waals surface area (Å²) in [6.45, 7) is 3.56. The lowest BCUT2D eigenvalue weighted by Crippen LogP contribution is -2.26. The second-order valence-corrected chi connectivity index (χ2v) is 10.5. The Balaban J connectivity index is 1.79. The third-order valence-corrected chi connectivity index (χ3v) is 6.83. The molecule has 4 aromatic rings. The fourth-order valence-corrected chi connectivity index (χ4v) is 4.65. The lowest BCUT2D eigenvalue weighted by molar-refractivity contribution is 0.103. The zero-order valence-corrected chi connectivity index (χ0v) is 22.1. The number of carbonyl (C=O) groups is 1. The third kappa shape index (κ3) is 6.71. The van der Waals surface area contributed by atoms with Crippen LogP contribution in [0.25, 0.3) is 0 Å². The summed E-state index contributed by atoms with van der Waals surface area (Å²) in [6.07, 6.45) is 0. The Labute approximate surface area is 224 Å². The lowest BCUT2D eigenvalue weighted by atomic mass is 10.0. The molecule has 0 saturated heterocycles. The molecule has 0 aliphatic rings. The van der Waals surface area contributed by atoms with Gasteiger partial charge in [0.2, 0.25) is 11.9 Å². The van der Waals surface area contributed by atoms with Crippen LogP contribution in [0.4, 0.5) is 11.6 Å². The fraction of sp³-hybridized carbons (Fsp3) is 0.0769. The van der Waals surface area contributed by atoms with Crippen LogP contribution in [-0.4, -0.2) is 30.1 Å². The average Bonchev–Trinajstić information content (AvgIpc) is 2.83. The van der Waals surface area contributed by atoms with Gasteiger partial charge in [0.25, 0.3) is 10.0 Å². The van der Waals surface area contributed by atoms with Crippen molar-refractivity contribution in [2.45, 2.75) is 18.7 Å². The number of anilines is 2. The largest absolute Gasteiger partial charge is 0.324 e. The molecule has 188 valence electrons. The quantitative estimate of drug-likeness (QED) is 0.173. The Bertz CT molecular complexity index is 1570. The normalized spacial score (nSPS) is 11.7. The Morgan fingerprint density at radius 3 is 2.08 bits per heavy atom. The molecular formula is C26H21Cl2N5O3S. The third-order valence-electron chi connectivity index (χ3n) is 5.05. The van der Waals surface area contributed by atoms with Gasteiger partial charge in [-0.15, -0.1) is 4.40 Å². The maximum Gasteiger partial charge on any atom is 0.285 e. The van der Waals surface area contributed by atoms with Crippen molar-refractivity contribution < 1.29 is 13.2 Å². The topological polar surface area (TPSA) is 113 Å². The van der Waals surface area contributed by atoms with Crippen LogP contribution in [0.1, 0.15) is 27.3 Å². The van der Waals surface area contributed by atoms with Gasteiger partial charge in [-0.3, -0.25) is 10.1 Å². The maximum atomic E-state index is 13.2. The zero-order valence-electron chi connectivity index (χ0n) is 19.7. The average molecular weight is 554 g/mol. The van der Waals surface area contributed by atoms with Crippen molar-refractivity contribution in [2.75, 3.05) is 10.6 Å². The van der Waals surface area contributed by atoms with E-state index in [1.54, 1.807) is 62.4 Å². The van der Waals surface area contributed by atoms with Gasteiger partial charge in [-0.05, 0) is 62.4 Å². The second-order valence-electron chi connectivity index (χ2n) is 7.98. The first-order chi connectivity index (χ1) is 17.6. The molecule has 0 atom stereocenters. The number of sulfonamides is 1. The summed E-state index contributed by atoms with van der Waals surface area (Å²) in [5.74, 6) is -0.403. The van der Waals surface area contributed by atoms with E-state index in [4.69, 9.17) is 23.2 Å². The molecule has 11 heteroatoms. The molecule has 37 heavy (non-hydrogen) atoms. The summed E-state index contributed by atoms with van der Waals surface area (Å²) in [6, 6.07) is 20.7. The van der Waals surface area contributed by atoms with E-state index in [0.717, 1.165) is 0 Å². The highest BCUT2D eigenvalue weighted by Crippen LogP contribution is 2.25. The van der Waals surface area contributed by atoms with Crippen molar-refractivity contribution in [3.63, 3.8) is 0 Å². The van der Waals surface area contributed by atoms with E-state index in [0.29, 0.717) is 27.0 Å². The Morgan fingerprint density at radius 2 is 1.43 bits per heavy atom. The first-order valence-electron chi connectivity index (χ1n) is 11.0. The molecule has 0 saturated carbocycles.